The smallest absolute Gasteiger partial charge is 0.308 e. The molecule has 150 valence electrons. The molecular weight excluding hydrogens is 360 g/mol. The quantitative estimate of drug-likeness (QED) is 0.522. The minimum atomic E-state index is -0.856. The number of hydrogen-bond acceptors (Lipinski definition) is 6. The second kappa shape index (κ2) is 8.87. The topological polar surface area (TPSA) is 78.9 Å². The molecule has 0 aromatic heterocycles. The van der Waals surface area contributed by atoms with Crippen molar-refractivity contribution in [1.29, 1.82) is 0 Å². The van der Waals surface area contributed by atoms with Gasteiger partial charge < -0.3 is 14.2 Å². The fourth-order valence-corrected chi connectivity index (χ4v) is 2.89. The van der Waals surface area contributed by atoms with Crippen LogP contribution in [0.3, 0.4) is 0 Å². The number of benzene rings is 1. The third-order valence-electron chi connectivity index (χ3n) is 4.41. The Morgan fingerprint density at radius 1 is 1.04 bits per heavy atom. The Morgan fingerprint density at radius 3 is 2.11 bits per heavy atom. The molecule has 0 bridgehead atoms. The summed E-state index contributed by atoms with van der Waals surface area (Å²) in [5.41, 5.74) is 1.44. The fourth-order valence-electron chi connectivity index (χ4n) is 2.89. The highest BCUT2D eigenvalue weighted by molar-refractivity contribution is 6.27. The average Bonchev–Trinajstić information content (AvgIpc) is 2.66. The summed E-state index contributed by atoms with van der Waals surface area (Å²) in [6.45, 7) is 7.25. The van der Waals surface area contributed by atoms with Gasteiger partial charge in [0.2, 0.25) is 0 Å². The van der Waals surface area contributed by atoms with Gasteiger partial charge in [-0.1, -0.05) is 25.5 Å². The molecule has 0 spiro atoms. The van der Waals surface area contributed by atoms with Crippen molar-refractivity contribution in [2.24, 2.45) is 5.92 Å². The molecular formula is C22H26O6. The van der Waals surface area contributed by atoms with Crippen LogP contribution >= 0.6 is 0 Å². The highest BCUT2D eigenvalue weighted by Crippen LogP contribution is 2.37. The predicted octanol–water partition coefficient (Wildman–Crippen LogP) is 3.93. The SMILES string of the molecule is COc1ccc(OC)c2c1C(=O)C=C([C@@H](CC=C(C)C)OC(=O)C(C)C)C2=O. The lowest BCUT2D eigenvalue weighted by Crippen LogP contribution is -2.30. The number of hydrogen-bond donors (Lipinski definition) is 0. The van der Waals surface area contributed by atoms with Crippen molar-refractivity contribution in [3.05, 3.63) is 46.6 Å². The summed E-state index contributed by atoms with van der Waals surface area (Å²) in [6, 6.07) is 3.16. The lowest BCUT2D eigenvalue weighted by atomic mass is 9.85. The van der Waals surface area contributed by atoms with E-state index in [1.165, 1.54) is 20.3 Å². The summed E-state index contributed by atoms with van der Waals surface area (Å²) < 4.78 is 16.1. The molecule has 0 N–H and O–H groups in total. The maximum atomic E-state index is 13.3. The molecule has 2 rings (SSSR count). The van der Waals surface area contributed by atoms with Gasteiger partial charge in [-0.2, -0.15) is 0 Å². The third-order valence-corrected chi connectivity index (χ3v) is 4.41. The van der Waals surface area contributed by atoms with Crippen LogP contribution in [0.15, 0.2) is 35.4 Å². The van der Waals surface area contributed by atoms with Crippen LogP contribution in [-0.2, 0) is 9.53 Å². The largest absolute Gasteiger partial charge is 0.496 e. The van der Waals surface area contributed by atoms with Crippen molar-refractivity contribution in [2.75, 3.05) is 14.2 Å². The van der Waals surface area contributed by atoms with Crippen LogP contribution in [0.1, 0.15) is 54.8 Å². The van der Waals surface area contributed by atoms with Crippen molar-refractivity contribution >= 4 is 17.5 Å². The van der Waals surface area contributed by atoms with Gasteiger partial charge in [0.1, 0.15) is 17.6 Å². The van der Waals surface area contributed by atoms with E-state index in [1.54, 1.807) is 26.0 Å². The molecule has 1 aromatic rings. The zero-order valence-corrected chi connectivity index (χ0v) is 17.1. The molecule has 0 heterocycles. The van der Waals surface area contributed by atoms with Gasteiger partial charge >= 0.3 is 5.97 Å². The van der Waals surface area contributed by atoms with Gasteiger partial charge in [0, 0.05) is 12.0 Å². The maximum absolute atomic E-state index is 13.3. The summed E-state index contributed by atoms with van der Waals surface area (Å²) in [7, 11) is 2.86. The van der Waals surface area contributed by atoms with E-state index < -0.39 is 17.9 Å². The van der Waals surface area contributed by atoms with Crippen LogP contribution < -0.4 is 9.47 Å². The molecule has 0 fully saturated rings. The molecule has 1 aromatic carbocycles. The van der Waals surface area contributed by atoms with Crippen LogP contribution in [0, 0.1) is 5.92 Å². The van der Waals surface area contributed by atoms with Gasteiger partial charge in [-0.3, -0.25) is 14.4 Å². The second-order valence-corrected chi connectivity index (χ2v) is 7.11. The lowest BCUT2D eigenvalue weighted by molar-refractivity contribution is -0.150. The maximum Gasteiger partial charge on any atom is 0.308 e. The van der Waals surface area contributed by atoms with E-state index in [-0.39, 0.29) is 34.2 Å². The predicted molar refractivity (Wildman–Crippen MR) is 105 cm³/mol. The van der Waals surface area contributed by atoms with Gasteiger partial charge in [0.05, 0.1) is 31.3 Å². The van der Waals surface area contributed by atoms with Crippen LogP contribution in [0.2, 0.25) is 0 Å². The molecule has 28 heavy (non-hydrogen) atoms. The number of Topliss-reactive ketones (excluding diaryl/α,β-unsaturated/α-hetero) is 1. The van der Waals surface area contributed by atoms with Crippen LogP contribution in [-0.4, -0.2) is 37.9 Å². The van der Waals surface area contributed by atoms with Gasteiger partial charge in [0.25, 0.3) is 0 Å². The van der Waals surface area contributed by atoms with Crippen molar-refractivity contribution in [3.8, 4) is 11.5 Å². The standard InChI is InChI=1S/C22H26O6/c1-12(2)7-8-16(28-22(25)13(3)4)14-11-15(23)19-17(26-5)9-10-18(27-6)20(19)21(14)24/h7,9-11,13,16H,8H2,1-6H3/t16-/m1/s1. The molecule has 0 amide bonds. The number of ether oxygens (including phenoxy) is 3. The van der Waals surface area contributed by atoms with E-state index in [2.05, 4.69) is 0 Å². The molecule has 1 atom stereocenters. The first kappa shape index (κ1) is 21.4. The highest BCUT2D eigenvalue weighted by Gasteiger charge is 2.36. The number of esters is 1. The zero-order valence-electron chi connectivity index (χ0n) is 17.1. The van der Waals surface area contributed by atoms with Crippen LogP contribution in [0.25, 0.3) is 0 Å². The molecule has 1 aliphatic carbocycles. The molecule has 0 saturated heterocycles. The summed E-state index contributed by atoms with van der Waals surface area (Å²) in [4.78, 5) is 38.3. The number of carbonyl (C=O) groups is 3. The van der Waals surface area contributed by atoms with Crippen molar-refractivity contribution < 1.29 is 28.6 Å². The van der Waals surface area contributed by atoms with Gasteiger partial charge in [-0.05, 0) is 32.1 Å². The number of fused-ring (bicyclic) bond motifs is 1. The first-order valence-electron chi connectivity index (χ1n) is 9.10. The van der Waals surface area contributed by atoms with Crippen LogP contribution in [0.5, 0.6) is 11.5 Å². The Hall–Kier alpha value is -2.89. The summed E-state index contributed by atoms with van der Waals surface area (Å²) in [6.07, 6.45) is 2.55. The highest BCUT2D eigenvalue weighted by atomic mass is 16.5. The molecule has 0 radical (unpaired) electrons. The first-order valence-corrected chi connectivity index (χ1v) is 9.10. The molecule has 1 aliphatic rings. The number of ketones is 2. The van der Waals surface area contributed by atoms with Crippen molar-refractivity contribution in [1.82, 2.24) is 0 Å². The number of rotatable bonds is 7. The van der Waals surface area contributed by atoms with E-state index in [0.29, 0.717) is 12.2 Å². The van der Waals surface area contributed by atoms with Crippen molar-refractivity contribution in [3.63, 3.8) is 0 Å². The fraction of sp³-hybridized carbons (Fsp3) is 0.409. The molecule has 6 heteroatoms. The summed E-state index contributed by atoms with van der Waals surface area (Å²) >= 11 is 0. The zero-order chi connectivity index (χ0) is 21.0. The minimum Gasteiger partial charge on any atom is -0.496 e. The van der Waals surface area contributed by atoms with E-state index in [0.717, 1.165) is 5.57 Å². The minimum absolute atomic E-state index is 0.132. The molecule has 0 saturated carbocycles. The van der Waals surface area contributed by atoms with Crippen molar-refractivity contribution in [2.45, 2.75) is 40.2 Å². The molecule has 0 unspecified atom stereocenters. The third kappa shape index (κ3) is 4.32. The number of allylic oxidation sites excluding steroid dienone is 2. The summed E-state index contributed by atoms with van der Waals surface area (Å²) in [5.74, 6) is -1.01. The lowest BCUT2D eigenvalue weighted by Gasteiger charge is -2.25. The van der Waals surface area contributed by atoms with Gasteiger partial charge in [0.15, 0.2) is 11.6 Å². The second-order valence-electron chi connectivity index (χ2n) is 7.11. The Kier molecular flexibility index (Phi) is 6.78. The Morgan fingerprint density at radius 2 is 1.61 bits per heavy atom. The van der Waals surface area contributed by atoms with E-state index in [1.807, 2.05) is 19.9 Å². The van der Waals surface area contributed by atoms with Crippen LogP contribution in [0.4, 0.5) is 0 Å². The Labute approximate surface area is 165 Å². The van der Waals surface area contributed by atoms with E-state index in [4.69, 9.17) is 14.2 Å². The number of methoxy groups -OCH3 is 2. The summed E-state index contributed by atoms with van der Waals surface area (Å²) in [5, 5.41) is 0. The van der Waals surface area contributed by atoms with E-state index >= 15 is 0 Å². The Balaban J connectivity index is 2.56. The number of carbonyl (C=O) groups excluding carboxylic acids is 3. The first-order chi connectivity index (χ1) is 13.2. The monoisotopic (exact) mass is 386 g/mol. The van der Waals surface area contributed by atoms with Gasteiger partial charge in [-0.25, -0.2) is 0 Å². The van der Waals surface area contributed by atoms with Gasteiger partial charge in [-0.15, -0.1) is 0 Å². The normalized spacial score (nSPS) is 14.2. The van der Waals surface area contributed by atoms with E-state index in [9.17, 15) is 14.4 Å². The average molecular weight is 386 g/mol. The Bertz CT molecular complexity index is 856. The molecule has 6 nitrogen and oxygen atoms in total. The molecule has 0 aliphatic heterocycles.